The van der Waals surface area contributed by atoms with Crippen molar-refractivity contribution >= 4 is 98.3 Å². The van der Waals surface area contributed by atoms with Crippen molar-refractivity contribution in [2.75, 3.05) is 0 Å². The molecule has 0 saturated heterocycles. The standard InChI is InChI=1S/C54H36.C22H14Br2.C16H13BO2/c1-5-13-37(14-6-1)41-21-23-45-31-47(27-25-43(45)29-41)49-33-51(39-17-9-3-10-18-39)54-36-50(34-52(53(54)35-49)40-19-11-4-12-20-40)48-28-26-44-30-42(22-24-46(44)32-48)38-15-7-2-8-16-38;23-17-11-19(15-7-3-1-4-8-15)21-13-18(24)12-20(22(21)14-17)16-9-5-2-6-10-16;18-17(19)16-9-8-14-10-13(6-7-15(14)11-16)12-4-2-1-3-5-12/h1-36H;1-14H;1-11,18-19H. The first kappa shape index (κ1) is 62.1. The van der Waals surface area contributed by atoms with Gasteiger partial charge in [0.15, 0.2) is 0 Å². The normalized spacial score (nSPS) is 11.1. The molecule has 0 aliphatic rings. The van der Waals surface area contributed by atoms with E-state index in [0.29, 0.717) is 5.46 Å². The highest BCUT2D eigenvalue weighted by molar-refractivity contribution is 9.10. The summed E-state index contributed by atoms with van der Waals surface area (Å²) in [5.41, 5.74) is 22.4. The third-order valence-electron chi connectivity index (χ3n) is 18.2. The quantitative estimate of drug-likeness (QED) is 0.134. The van der Waals surface area contributed by atoms with E-state index < -0.39 is 7.12 Å². The van der Waals surface area contributed by atoms with Gasteiger partial charge < -0.3 is 10.0 Å². The molecule has 0 amide bonds. The van der Waals surface area contributed by atoms with Crippen LogP contribution in [0.5, 0.6) is 0 Å². The van der Waals surface area contributed by atoms with Gasteiger partial charge in [0.05, 0.1) is 0 Å². The molecule has 0 fully saturated rings. The lowest BCUT2D eigenvalue weighted by atomic mass is 9.79. The number of benzene rings is 17. The van der Waals surface area contributed by atoms with Gasteiger partial charge in [-0.1, -0.05) is 323 Å². The van der Waals surface area contributed by atoms with Crippen LogP contribution in [0, 0.1) is 0 Å². The van der Waals surface area contributed by atoms with Crippen LogP contribution in [0.3, 0.4) is 0 Å². The molecule has 0 atom stereocenters. The van der Waals surface area contributed by atoms with Crippen molar-refractivity contribution in [3.05, 3.63) is 379 Å². The SMILES string of the molecule is Brc1cc(-c2ccccc2)c2cc(Br)cc(-c3ccccc3)c2c1.OB(O)c1ccc2cc(-c3ccccc3)ccc2c1.c1ccc(-c2ccc3cc(-c4cc(-c5ccccc5)c5cc(-c6ccc7cc(-c8ccccc8)ccc7c6)cc(-c6ccccc6)c5c4)ccc3c2)cc1. The summed E-state index contributed by atoms with van der Waals surface area (Å²) in [5.74, 6) is 0. The second kappa shape index (κ2) is 28.1. The van der Waals surface area contributed by atoms with Gasteiger partial charge in [-0.15, -0.1) is 0 Å². The molecule has 0 aliphatic carbocycles. The maximum Gasteiger partial charge on any atom is 0.488 e. The fourth-order valence-corrected chi connectivity index (χ4v) is 14.2. The van der Waals surface area contributed by atoms with Gasteiger partial charge in [0.2, 0.25) is 0 Å². The molecule has 17 aromatic carbocycles. The molecule has 0 radical (unpaired) electrons. The van der Waals surface area contributed by atoms with Gasteiger partial charge in [-0.25, -0.2) is 0 Å². The Labute approximate surface area is 583 Å². The monoisotopic (exact) mass is 1370 g/mol. The largest absolute Gasteiger partial charge is 0.488 e. The van der Waals surface area contributed by atoms with Crippen LogP contribution in [0.4, 0.5) is 0 Å². The van der Waals surface area contributed by atoms with E-state index in [1.807, 2.05) is 36.4 Å². The van der Waals surface area contributed by atoms with Crippen LogP contribution in [-0.2, 0) is 0 Å². The van der Waals surface area contributed by atoms with Gasteiger partial charge in [0.25, 0.3) is 0 Å². The van der Waals surface area contributed by atoms with Crippen molar-refractivity contribution in [2.24, 2.45) is 0 Å². The van der Waals surface area contributed by atoms with Crippen LogP contribution >= 0.6 is 31.9 Å². The molecule has 0 unspecified atom stereocenters. The molecule has 460 valence electrons. The Kier molecular flexibility index (Phi) is 18.0. The van der Waals surface area contributed by atoms with Crippen LogP contribution < -0.4 is 5.46 Å². The molecule has 0 aliphatic heterocycles. The molecule has 2 N–H and O–H groups in total. The summed E-state index contributed by atoms with van der Waals surface area (Å²) in [5, 5.41) is 30.4. The van der Waals surface area contributed by atoms with Crippen molar-refractivity contribution < 1.29 is 10.0 Å². The zero-order valence-electron chi connectivity index (χ0n) is 52.9. The zero-order chi connectivity index (χ0) is 65.6. The third-order valence-corrected chi connectivity index (χ3v) is 19.2. The predicted molar refractivity (Wildman–Crippen MR) is 421 cm³/mol. The molecule has 17 rings (SSSR count). The highest BCUT2D eigenvalue weighted by Gasteiger charge is 2.18. The van der Waals surface area contributed by atoms with Crippen molar-refractivity contribution in [3.63, 3.8) is 0 Å². The zero-order valence-corrected chi connectivity index (χ0v) is 56.1. The Morgan fingerprint density at radius 2 is 0.402 bits per heavy atom. The van der Waals surface area contributed by atoms with Gasteiger partial charge in [-0.2, -0.15) is 0 Å². The molecule has 0 spiro atoms. The summed E-state index contributed by atoms with van der Waals surface area (Å²) in [6.07, 6.45) is 0. The van der Waals surface area contributed by atoms with Gasteiger partial charge >= 0.3 is 7.12 Å². The number of hydrogen-bond donors (Lipinski definition) is 2. The van der Waals surface area contributed by atoms with Crippen LogP contribution in [0.25, 0.3) is 154 Å². The maximum atomic E-state index is 9.17. The van der Waals surface area contributed by atoms with Crippen LogP contribution in [0.2, 0.25) is 0 Å². The lowest BCUT2D eigenvalue weighted by Gasteiger charge is -2.17. The topological polar surface area (TPSA) is 40.5 Å². The fraction of sp³-hybridized carbons (Fsp3) is 0. The first-order chi connectivity index (χ1) is 47.7. The van der Waals surface area contributed by atoms with Crippen LogP contribution in [0.15, 0.2) is 379 Å². The number of hydrogen-bond acceptors (Lipinski definition) is 2. The van der Waals surface area contributed by atoms with E-state index in [2.05, 4.69) is 353 Å². The minimum absolute atomic E-state index is 0.514. The Bertz CT molecular complexity index is 5370. The van der Waals surface area contributed by atoms with Crippen LogP contribution in [0.1, 0.15) is 0 Å². The lowest BCUT2D eigenvalue weighted by Crippen LogP contribution is -2.29. The molecular formula is C92H63BBr2O2. The van der Waals surface area contributed by atoms with Gasteiger partial charge in [0.1, 0.15) is 0 Å². The van der Waals surface area contributed by atoms with Crippen molar-refractivity contribution in [1.29, 1.82) is 0 Å². The van der Waals surface area contributed by atoms with E-state index in [0.717, 1.165) is 25.3 Å². The second-order valence-corrected chi connectivity index (χ2v) is 26.3. The minimum atomic E-state index is -1.42. The molecule has 0 bridgehead atoms. The fourth-order valence-electron chi connectivity index (χ4n) is 13.3. The molecular weight excluding hydrogens is 1310 g/mol. The summed E-state index contributed by atoms with van der Waals surface area (Å²) in [6.45, 7) is 0. The van der Waals surface area contributed by atoms with Gasteiger partial charge in [0, 0.05) is 8.95 Å². The first-order valence-electron chi connectivity index (χ1n) is 32.6. The van der Waals surface area contributed by atoms with Crippen molar-refractivity contribution in [3.8, 4) is 100 Å². The highest BCUT2D eigenvalue weighted by atomic mass is 79.9. The summed E-state index contributed by atoms with van der Waals surface area (Å²) >= 11 is 7.39. The molecule has 0 saturated carbocycles. The molecule has 0 aromatic heterocycles. The van der Waals surface area contributed by atoms with E-state index in [4.69, 9.17) is 0 Å². The van der Waals surface area contributed by atoms with E-state index >= 15 is 0 Å². The first-order valence-corrected chi connectivity index (χ1v) is 34.2. The van der Waals surface area contributed by atoms with Crippen molar-refractivity contribution in [1.82, 2.24) is 0 Å². The average molecular weight is 1370 g/mol. The van der Waals surface area contributed by atoms with E-state index in [1.165, 1.54) is 138 Å². The minimum Gasteiger partial charge on any atom is -0.423 e. The lowest BCUT2D eigenvalue weighted by molar-refractivity contribution is 0.426. The molecule has 2 nitrogen and oxygen atoms in total. The summed E-state index contributed by atoms with van der Waals surface area (Å²) in [4.78, 5) is 0. The Morgan fingerprint density at radius 1 is 0.175 bits per heavy atom. The Morgan fingerprint density at radius 3 is 0.680 bits per heavy atom. The molecule has 97 heavy (non-hydrogen) atoms. The Hall–Kier alpha value is -11.0. The number of rotatable bonds is 10. The van der Waals surface area contributed by atoms with E-state index in [-0.39, 0.29) is 0 Å². The summed E-state index contributed by atoms with van der Waals surface area (Å²) < 4.78 is 2.18. The molecule has 0 heterocycles. The third kappa shape index (κ3) is 13.7. The molecule has 17 aromatic rings. The van der Waals surface area contributed by atoms with Crippen LogP contribution in [-0.4, -0.2) is 17.2 Å². The number of fused-ring (bicyclic) bond motifs is 5. The summed E-state index contributed by atoms with van der Waals surface area (Å²) in [6, 6.07) is 132. The van der Waals surface area contributed by atoms with Gasteiger partial charge in [-0.05, 0) is 238 Å². The van der Waals surface area contributed by atoms with E-state index in [1.54, 1.807) is 12.1 Å². The number of halogens is 2. The average Bonchev–Trinajstić information content (AvgIpc) is 0.761. The highest BCUT2D eigenvalue weighted by Crippen LogP contribution is 2.44. The summed E-state index contributed by atoms with van der Waals surface area (Å²) in [7, 11) is -1.42. The molecule has 5 heteroatoms. The predicted octanol–water partition coefficient (Wildman–Crippen LogP) is 25.0. The van der Waals surface area contributed by atoms with Gasteiger partial charge in [-0.3, -0.25) is 0 Å². The Balaban J connectivity index is 0.000000146. The van der Waals surface area contributed by atoms with E-state index in [9.17, 15) is 10.0 Å². The second-order valence-electron chi connectivity index (χ2n) is 24.5. The maximum absolute atomic E-state index is 9.17. The van der Waals surface area contributed by atoms with Crippen molar-refractivity contribution in [2.45, 2.75) is 0 Å². The smallest absolute Gasteiger partial charge is 0.423 e.